The third kappa shape index (κ3) is 4.90. The third-order valence-electron chi connectivity index (χ3n) is 5.09. The van der Waals surface area contributed by atoms with E-state index >= 15 is 0 Å². The molecule has 0 radical (unpaired) electrons. The van der Waals surface area contributed by atoms with E-state index in [-0.39, 0.29) is 25.0 Å². The van der Waals surface area contributed by atoms with E-state index in [2.05, 4.69) is 0 Å². The van der Waals surface area contributed by atoms with Crippen LogP contribution in [-0.4, -0.2) is 67.7 Å². The van der Waals surface area contributed by atoms with Gasteiger partial charge in [-0.1, -0.05) is 11.6 Å². The van der Waals surface area contributed by atoms with Gasteiger partial charge >= 0.3 is 5.97 Å². The number of sulfonamides is 1. The molecule has 1 unspecified atom stereocenters. The predicted octanol–water partition coefficient (Wildman–Crippen LogP) is 1.48. The first-order chi connectivity index (χ1) is 15.1. The van der Waals surface area contributed by atoms with Gasteiger partial charge in [0.05, 0.1) is 30.4 Å². The molecule has 1 heterocycles. The number of benzene rings is 1. The molecule has 3 N–H and O–H groups in total. The highest BCUT2D eigenvalue weighted by molar-refractivity contribution is 7.93. The van der Waals surface area contributed by atoms with Crippen molar-refractivity contribution in [3.05, 3.63) is 40.4 Å². The van der Waals surface area contributed by atoms with Crippen molar-refractivity contribution in [1.82, 2.24) is 0 Å². The summed E-state index contributed by atoms with van der Waals surface area (Å²) in [5.74, 6) is -4.75. The standard InChI is InChI=1S/C19H22ClF2NO8S/c1-2-29-18(26)11-7-19(30-14(8-24)15(9-25)31-19)4-3-16(11)32(27,28)23-17-12(20)5-10(21)6-13(17)22/h5-7,14-16,23-25H,2-4,8-9H2,1H3/t14-,15-,16?/m1/s1. The van der Waals surface area contributed by atoms with Crippen LogP contribution in [0.5, 0.6) is 0 Å². The van der Waals surface area contributed by atoms with E-state index in [1.165, 1.54) is 6.92 Å². The molecule has 32 heavy (non-hydrogen) atoms. The molecule has 2 aliphatic rings. The van der Waals surface area contributed by atoms with Crippen LogP contribution in [0.3, 0.4) is 0 Å². The Labute approximate surface area is 188 Å². The van der Waals surface area contributed by atoms with Gasteiger partial charge in [-0.25, -0.2) is 22.0 Å². The SMILES string of the molecule is CCOC(=O)C1=CC2(CCC1S(=O)(=O)Nc1c(F)cc(F)cc1Cl)O[C@H](CO)[C@@H](CO)O2. The highest BCUT2D eigenvalue weighted by atomic mass is 35.5. The fraction of sp³-hybridized carbons (Fsp3) is 0.526. The summed E-state index contributed by atoms with van der Waals surface area (Å²) in [6.45, 7) is 0.531. The van der Waals surface area contributed by atoms with Crippen molar-refractivity contribution in [2.24, 2.45) is 0 Å². The molecule has 178 valence electrons. The minimum atomic E-state index is -4.47. The Morgan fingerprint density at radius 2 is 1.91 bits per heavy atom. The van der Waals surface area contributed by atoms with Crippen molar-refractivity contribution < 1.29 is 46.4 Å². The molecule has 3 atom stereocenters. The minimum Gasteiger partial charge on any atom is -0.463 e. The van der Waals surface area contributed by atoms with Crippen molar-refractivity contribution in [3.8, 4) is 0 Å². The van der Waals surface area contributed by atoms with Gasteiger partial charge in [-0.3, -0.25) is 4.72 Å². The van der Waals surface area contributed by atoms with Crippen molar-refractivity contribution >= 4 is 33.3 Å². The highest BCUT2D eigenvalue weighted by Crippen LogP contribution is 2.41. The van der Waals surface area contributed by atoms with Gasteiger partial charge < -0.3 is 24.4 Å². The summed E-state index contributed by atoms with van der Waals surface area (Å²) in [5, 5.41) is 16.9. The molecule has 9 nitrogen and oxygen atoms in total. The second-order valence-electron chi connectivity index (χ2n) is 7.23. The first kappa shape index (κ1) is 24.8. The van der Waals surface area contributed by atoms with E-state index in [0.717, 1.165) is 12.1 Å². The molecule has 0 bridgehead atoms. The zero-order valence-electron chi connectivity index (χ0n) is 16.9. The van der Waals surface area contributed by atoms with E-state index < -0.39 is 74.8 Å². The summed E-state index contributed by atoms with van der Waals surface area (Å²) in [4.78, 5) is 12.6. The quantitative estimate of drug-likeness (QED) is 0.483. The number of halogens is 3. The highest BCUT2D eigenvalue weighted by Gasteiger charge is 2.51. The minimum absolute atomic E-state index is 0.0535. The van der Waals surface area contributed by atoms with Gasteiger partial charge in [-0.2, -0.15) is 0 Å². The molecule has 0 amide bonds. The van der Waals surface area contributed by atoms with Crippen LogP contribution >= 0.6 is 11.6 Å². The lowest BCUT2D eigenvalue weighted by Gasteiger charge is -2.33. The molecule has 1 aromatic carbocycles. The molecule has 0 aromatic heterocycles. The largest absolute Gasteiger partial charge is 0.463 e. The molecule has 0 saturated carbocycles. The maximum Gasteiger partial charge on any atom is 0.335 e. The number of aliphatic hydroxyl groups is 2. The van der Waals surface area contributed by atoms with Gasteiger partial charge in [-0.05, 0) is 25.5 Å². The number of nitrogens with one attached hydrogen (secondary N) is 1. The number of anilines is 1. The maximum atomic E-state index is 14.1. The van der Waals surface area contributed by atoms with Gasteiger partial charge in [0.1, 0.15) is 29.0 Å². The predicted molar refractivity (Wildman–Crippen MR) is 108 cm³/mol. The fourth-order valence-electron chi connectivity index (χ4n) is 3.66. The van der Waals surface area contributed by atoms with E-state index in [9.17, 15) is 32.2 Å². The molecular formula is C19H22ClF2NO8S. The Morgan fingerprint density at radius 1 is 1.28 bits per heavy atom. The number of carbonyl (C=O) groups is 1. The second-order valence-corrected chi connectivity index (χ2v) is 9.50. The van der Waals surface area contributed by atoms with Crippen LogP contribution in [0.2, 0.25) is 5.02 Å². The van der Waals surface area contributed by atoms with Crippen LogP contribution in [0.4, 0.5) is 14.5 Å². The Hall–Kier alpha value is -1.83. The average Bonchev–Trinajstić information content (AvgIpc) is 3.07. The molecular weight excluding hydrogens is 476 g/mol. The summed E-state index contributed by atoms with van der Waals surface area (Å²) in [6, 6.07) is 1.21. The number of hydrogen-bond donors (Lipinski definition) is 3. The van der Waals surface area contributed by atoms with Crippen LogP contribution < -0.4 is 4.72 Å². The van der Waals surface area contributed by atoms with Crippen molar-refractivity contribution in [2.75, 3.05) is 24.5 Å². The molecule has 13 heteroatoms. The van der Waals surface area contributed by atoms with Gasteiger partial charge in [-0.15, -0.1) is 0 Å². The summed E-state index contributed by atoms with van der Waals surface area (Å²) in [7, 11) is -4.47. The lowest BCUT2D eigenvalue weighted by Crippen LogP contribution is -2.43. The van der Waals surface area contributed by atoms with Crippen LogP contribution in [0.1, 0.15) is 19.8 Å². The number of ether oxygens (including phenoxy) is 3. The second kappa shape index (κ2) is 9.57. The van der Waals surface area contributed by atoms with Crippen LogP contribution in [0.25, 0.3) is 0 Å². The third-order valence-corrected chi connectivity index (χ3v) is 7.12. The smallest absolute Gasteiger partial charge is 0.335 e. The van der Waals surface area contributed by atoms with Crippen LogP contribution in [-0.2, 0) is 29.0 Å². The Morgan fingerprint density at radius 3 is 2.44 bits per heavy atom. The topological polar surface area (TPSA) is 131 Å². The summed E-state index contributed by atoms with van der Waals surface area (Å²) < 4.78 is 71.9. The molecule has 1 aliphatic heterocycles. The first-order valence-electron chi connectivity index (χ1n) is 9.69. The molecule has 1 spiro atoms. The number of aliphatic hydroxyl groups excluding tert-OH is 2. The van der Waals surface area contributed by atoms with Crippen molar-refractivity contribution in [3.63, 3.8) is 0 Å². The number of rotatable bonds is 7. The summed E-state index contributed by atoms with van der Waals surface area (Å²) in [6.07, 6.45) is -0.916. The molecule has 1 aliphatic carbocycles. The Balaban J connectivity index is 1.98. The van der Waals surface area contributed by atoms with Gasteiger partial charge in [0.15, 0.2) is 11.6 Å². The van der Waals surface area contributed by atoms with E-state index in [1.54, 1.807) is 0 Å². The van der Waals surface area contributed by atoms with Crippen LogP contribution in [0.15, 0.2) is 23.8 Å². The Bertz CT molecular complexity index is 984. The van der Waals surface area contributed by atoms with Gasteiger partial charge in [0.2, 0.25) is 10.0 Å². The number of esters is 1. The van der Waals surface area contributed by atoms with Crippen LogP contribution in [0, 0.1) is 11.6 Å². The molecule has 1 fully saturated rings. The van der Waals surface area contributed by atoms with Gasteiger partial charge in [0, 0.05) is 12.5 Å². The monoisotopic (exact) mass is 497 g/mol. The number of hydrogen-bond acceptors (Lipinski definition) is 8. The van der Waals surface area contributed by atoms with E-state index in [1.807, 2.05) is 4.72 Å². The fourth-order valence-corrected chi connectivity index (χ4v) is 5.52. The first-order valence-corrected chi connectivity index (χ1v) is 11.6. The Kier molecular flexibility index (Phi) is 7.42. The summed E-state index contributed by atoms with van der Waals surface area (Å²) in [5.41, 5.74) is -0.995. The normalized spacial score (nSPS) is 24.9. The average molecular weight is 498 g/mol. The molecule has 1 aromatic rings. The van der Waals surface area contributed by atoms with Crippen molar-refractivity contribution in [1.29, 1.82) is 0 Å². The van der Waals surface area contributed by atoms with E-state index in [0.29, 0.717) is 6.07 Å². The summed E-state index contributed by atoms with van der Waals surface area (Å²) >= 11 is 5.79. The molecule has 1 saturated heterocycles. The molecule has 3 rings (SSSR count). The zero-order chi connectivity index (χ0) is 23.7. The lowest BCUT2D eigenvalue weighted by atomic mass is 9.94. The van der Waals surface area contributed by atoms with Crippen molar-refractivity contribution in [2.45, 2.75) is 43.0 Å². The number of carbonyl (C=O) groups excluding carboxylic acids is 1. The lowest BCUT2D eigenvalue weighted by molar-refractivity contribution is -0.154. The van der Waals surface area contributed by atoms with Gasteiger partial charge in [0.25, 0.3) is 0 Å². The van der Waals surface area contributed by atoms with E-state index in [4.69, 9.17) is 25.8 Å². The zero-order valence-corrected chi connectivity index (χ0v) is 18.5. The maximum absolute atomic E-state index is 14.1.